The molecule has 1 aliphatic rings. The number of carbonyl (C=O) groups is 2. The third-order valence-corrected chi connectivity index (χ3v) is 4.52. The standard InChI is InChI=1S/C20H22N2O5/c1-12-2-3-14(10-17(12)23)20(25)22-16-8-9-26-11-18(16)27-15-6-4-13(5-7-15)19(21)24/h2-7,10,16,18,23H,8-9,11H2,1H3,(H2,21,24)(H,22,25)/t16-,18-/m1/s1. The zero-order valence-electron chi connectivity index (χ0n) is 15.0. The number of carbonyl (C=O) groups excluding carboxylic acids is 2. The van der Waals surface area contributed by atoms with Crippen LogP contribution in [0.25, 0.3) is 0 Å². The molecule has 2 atom stereocenters. The Morgan fingerprint density at radius 2 is 1.89 bits per heavy atom. The van der Waals surface area contributed by atoms with E-state index in [1.807, 2.05) is 0 Å². The predicted molar refractivity (Wildman–Crippen MR) is 98.9 cm³/mol. The zero-order chi connectivity index (χ0) is 19.4. The summed E-state index contributed by atoms with van der Waals surface area (Å²) >= 11 is 0. The summed E-state index contributed by atoms with van der Waals surface area (Å²) in [6.45, 7) is 2.62. The SMILES string of the molecule is Cc1ccc(C(=O)N[C@@H]2CCOC[C@H]2Oc2ccc(C(N)=O)cc2)cc1O. The van der Waals surface area contributed by atoms with Crippen molar-refractivity contribution < 1.29 is 24.2 Å². The number of aryl methyl sites for hydroxylation is 1. The highest BCUT2D eigenvalue weighted by atomic mass is 16.5. The molecule has 27 heavy (non-hydrogen) atoms. The number of phenolic OH excluding ortho intramolecular Hbond substituents is 1. The van der Waals surface area contributed by atoms with Gasteiger partial charge in [-0.1, -0.05) is 6.07 Å². The maximum Gasteiger partial charge on any atom is 0.251 e. The second-order valence-electron chi connectivity index (χ2n) is 6.49. The monoisotopic (exact) mass is 370 g/mol. The van der Waals surface area contributed by atoms with Crippen molar-refractivity contribution in [2.24, 2.45) is 5.73 Å². The second kappa shape index (κ2) is 8.09. The Balaban J connectivity index is 1.68. The Hall–Kier alpha value is -3.06. The van der Waals surface area contributed by atoms with Crippen LogP contribution in [0.1, 0.15) is 32.7 Å². The molecule has 0 radical (unpaired) electrons. The number of amides is 2. The molecule has 0 saturated carbocycles. The van der Waals surface area contributed by atoms with Crippen molar-refractivity contribution in [3.63, 3.8) is 0 Å². The number of hydrogen-bond acceptors (Lipinski definition) is 5. The van der Waals surface area contributed by atoms with Gasteiger partial charge in [-0.3, -0.25) is 9.59 Å². The van der Waals surface area contributed by atoms with Crippen molar-refractivity contribution >= 4 is 11.8 Å². The normalized spacial score (nSPS) is 19.3. The first-order valence-corrected chi connectivity index (χ1v) is 8.69. The molecule has 142 valence electrons. The Kier molecular flexibility index (Phi) is 5.61. The van der Waals surface area contributed by atoms with E-state index in [1.54, 1.807) is 43.3 Å². The first kappa shape index (κ1) is 18.7. The molecule has 2 aromatic rings. The van der Waals surface area contributed by atoms with E-state index in [-0.39, 0.29) is 23.8 Å². The van der Waals surface area contributed by atoms with Gasteiger partial charge in [0.2, 0.25) is 5.91 Å². The number of hydrogen-bond donors (Lipinski definition) is 3. The summed E-state index contributed by atoms with van der Waals surface area (Å²) in [5.74, 6) is -0.149. The predicted octanol–water partition coefficient (Wildman–Crippen LogP) is 1.77. The van der Waals surface area contributed by atoms with Crippen molar-refractivity contribution in [3.05, 3.63) is 59.2 Å². The van der Waals surface area contributed by atoms with Crippen LogP contribution >= 0.6 is 0 Å². The maximum absolute atomic E-state index is 12.5. The van der Waals surface area contributed by atoms with E-state index in [9.17, 15) is 14.7 Å². The van der Waals surface area contributed by atoms with Gasteiger partial charge in [-0.15, -0.1) is 0 Å². The number of ether oxygens (including phenoxy) is 2. The van der Waals surface area contributed by atoms with Crippen LogP contribution < -0.4 is 15.8 Å². The van der Waals surface area contributed by atoms with Crippen molar-refractivity contribution in [3.8, 4) is 11.5 Å². The highest BCUT2D eigenvalue weighted by molar-refractivity contribution is 5.95. The zero-order valence-corrected chi connectivity index (χ0v) is 15.0. The van der Waals surface area contributed by atoms with Crippen LogP contribution in [0.4, 0.5) is 0 Å². The minimum atomic E-state index is -0.506. The van der Waals surface area contributed by atoms with E-state index in [0.29, 0.717) is 42.1 Å². The molecule has 2 amide bonds. The van der Waals surface area contributed by atoms with Gasteiger partial charge in [-0.2, -0.15) is 0 Å². The van der Waals surface area contributed by atoms with Gasteiger partial charge in [0.25, 0.3) is 5.91 Å². The average molecular weight is 370 g/mol. The number of phenols is 1. The smallest absolute Gasteiger partial charge is 0.251 e. The van der Waals surface area contributed by atoms with Crippen LogP contribution in [0.2, 0.25) is 0 Å². The summed E-state index contributed by atoms with van der Waals surface area (Å²) in [5.41, 5.74) is 6.72. The highest BCUT2D eigenvalue weighted by Crippen LogP contribution is 2.20. The van der Waals surface area contributed by atoms with Gasteiger partial charge in [0.1, 0.15) is 17.6 Å². The maximum atomic E-state index is 12.5. The summed E-state index contributed by atoms with van der Waals surface area (Å²) in [6.07, 6.45) is 0.231. The molecule has 0 aromatic heterocycles. The van der Waals surface area contributed by atoms with Gasteiger partial charge in [-0.25, -0.2) is 0 Å². The number of rotatable bonds is 5. The first-order chi connectivity index (χ1) is 12.9. The molecular formula is C20H22N2O5. The Morgan fingerprint density at radius 3 is 2.56 bits per heavy atom. The molecule has 0 unspecified atom stereocenters. The fourth-order valence-electron chi connectivity index (χ4n) is 2.87. The molecule has 7 nitrogen and oxygen atoms in total. The lowest BCUT2D eigenvalue weighted by Crippen LogP contribution is -2.51. The van der Waals surface area contributed by atoms with Gasteiger partial charge in [-0.05, 0) is 55.3 Å². The molecule has 0 spiro atoms. The molecule has 2 aromatic carbocycles. The molecule has 4 N–H and O–H groups in total. The lowest BCUT2D eigenvalue weighted by molar-refractivity contribution is -0.0135. The highest BCUT2D eigenvalue weighted by Gasteiger charge is 2.29. The van der Waals surface area contributed by atoms with Crippen LogP contribution in [-0.2, 0) is 4.74 Å². The third kappa shape index (κ3) is 4.57. The summed E-state index contributed by atoms with van der Waals surface area (Å²) in [5, 5.41) is 12.8. The average Bonchev–Trinajstić information content (AvgIpc) is 2.66. The topological polar surface area (TPSA) is 111 Å². The van der Waals surface area contributed by atoms with Crippen LogP contribution in [0.3, 0.4) is 0 Å². The van der Waals surface area contributed by atoms with Crippen molar-refractivity contribution in [2.45, 2.75) is 25.5 Å². The lowest BCUT2D eigenvalue weighted by atomic mass is 10.0. The summed E-state index contributed by atoms with van der Waals surface area (Å²) in [7, 11) is 0. The number of benzene rings is 2. The molecule has 0 aliphatic carbocycles. The lowest BCUT2D eigenvalue weighted by Gasteiger charge is -2.32. The van der Waals surface area contributed by atoms with Gasteiger partial charge in [0, 0.05) is 17.7 Å². The largest absolute Gasteiger partial charge is 0.508 e. The number of nitrogens with two attached hydrogens (primary N) is 1. The minimum Gasteiger partial charge on any atom is -0.508 e. The minimum absolute atomic E-state index is 0.0805. The summed E-state index contributed by atoms with van der Waals surface area (Å²) < 4.78 is 11.4. The van der Waals surface area contributed by atoms with Gasteiger partial charge in [0.05, 0.1) is 12.6 Å². The van der Waals surface area contributed by atoms with Crippen molar-refractivity contribution in [1.29, 1.82) is 0 Å². The van der Waals surface area contributed by atoms with E-state index < -0.39 is 5.91 Å². The summed E-state index contributed by atoms with van der Waals surface area (Å²) in [6, 6.07) is 11.1. The van der Waals surface area contributed by atoms with Gasteiger partial charge >= 0.3 is 0 Å². The molecule has 3 rings (SSSR count). The van der Waals surface area contributed by atoms with Gasteiger partial charge in [0.15, 0.2) is 0 Å². The number of primary amides is 1. The number of aromatic hydroxyl groups is 1. The first-order valence-electron chi connectivity index (χ1n) is 8.69. The molecule has 1 fully saturated rings. The van der Waals surface area contributed by atoms with Gasteiger partial charge < -0.3 is 25.6 Å². The van der Waals surface area contributed by atoms with Crippen LogP contribution in [-0.4, -0.2) is 42.3 Å². The Morgan fingerprint density at radius 1 is 1.19 bits per heavy atom. The molecule has 0 bridgehead atoms. The van der Waals surface area contributed by atoms with E-state index in [1.165, 1.54) is 6.07 Å². The quantitative estimate of drug-likeness (QED) is 0.743. The van der Waals surface area contributed by atoms with Crippen LogP contribution in [0.15, 0.2) is 42.5 Å². The Bertz CT molecular complexity index is 835. The van der Waals surface area contributed by atoms with E-state index in [2.05, 4.69) is 5.32 Å². The second-order valence-corrected chi connectivity index (χ2v) is 6.49. The summed E-state index contributed by atoms with van der Waals surface area (Å²) in [4.78, 5) is 23.7. The molecule has 1 aliphatic heterocycles. The van der Waals surface area contributed by atoms with Crippen molar-refractivity contribution in [1.82, 2.24) is 5.32 Å². The molecule has 1 saturated heterocycles. The van der Waals surface area contributed by atoms with E-state index in [0.717, 1.165) is 0 Å². The van der Waals surface area contributed by atoms with E-state index in [4.69, 9.17) is 15.2 Å². The van der Waals surface area contributed by atoms with E-state index >= 15 is 0 Å². The molecule has 7 heteroatoms. The van der Waals surface area contributed by atoms with Crippen LogP contribution in [0, 0.1) is 6.92 Å². The fraction of sp³-hybridized carbons (Fsp3) is 0.300. The van der Waals surface area contributed by atoms with Crippen molar-refractivity contribution in [2.75, 3.05) is 13.2 Å². The third-order valence-electron chi connectivity index (χ3n) is 4.52. The molecule has 1 heterocycles. The molecular weight excluding hydrogens is 348 g/mol. The fourth-order valence-corrected chi connectivity index (χ4v) is 2.87. The van der Waals surface area contributed by atoms with Crippen LogP contribution in [0.5, 0.6) is 11.5 Å². The number of nitrogens with one attached hydrogen (secondary N) is 1. The Labute approximate surface area is 157 Å².